The van der Waals surface area contributed by atoms with Gasteiger partial charge in [-0.25, -0.2) is 0 Å². The number of hydrogen-bond acceptors (Lipinski definition) is 4. The lowest BCUT2D eigenvalue weighted by atomic mass is 10.0. The Morgan fingerprint density at radius 3 is 0.842 bits per heavy atom. The summed E-state index contributed by atoms with van der Waals surface area (Å²) in [5.74, 6) is 0. The maximum atomic E-state index is 9.85. The Labute approximate surface area is 238 Å². The normalized spacial score (nSPS) is 11.3. The molecule has 0 aromatic rings. The maximum Gasteiger partial charge on any atom is 0.334 e. The van der Waals surface area contributed by atoms with Crippen molar-refractivity contribution in [3.63, 3.8) is 0 Å². The standard InChI is InChI=1S/C34H68O4/c1-2-3-4-5-6-7-8-9-10-11-12-13-14-15-16-17-18-19-20-21-22-23-24-25-26-27-28-29-30-31-32-33-36-38-37-34-35/h34H,2-33H2,1H3. The zero-order valence-corrected chi connectivity index (χ0v) is 25.8. The third-order valence-electron chi connectivity index (χ3n) is 7.96. The Hall–Kier alpha value is -0.610. The van der Waals surface area contributed by atoms with Crippen LogP contribution in [0.4, 0.5) is 0 Å². The highest BCUT2D eigenvalue weighted by Gasteiger charge is 1.97. The Balaban J connectivity index is 3.01. The third-order valence-corrected chi connectivity index (χ3v) is 7.96. The molecule has 0 bridgehead atoms. The monoisotopic (exact) mass is 541 g/mol. The van der Waals surface area contributed by atoms with Crippen LogP contribution in [0.1, 0.15) is 206 Å². The molecule has 0 heterocycles. The van der Waals surface area contributed by atoms with Crippen LogP contribution in [-0.4, -0.2) is 13.1 Å². The number of carbonyl (C=O) groups is 1. The van der Waals surface area contributed by atoms with E-state index >= 15 is 0 Å². The summed E-state index contributed by atoms with van der Waals surface area (Å²) in [5.41, 5.74) is 0. The molecule has 0 rings (SSSR count). The SMILES string of the molecule is CCCCCCCCCCCCCCCCCCCCCCCCCCCCCCCCCOOOC=O. The van der Waals surface area contributed by atoms with Gasteiger partial charge in [0, 0.05) is 0 Å². The summed E-state index contributed by atoms with van der Waals surface area (Å²) < 4.78 is 0. The molecular weight excluding hydrogens is 472 g/mol. The summed E-state index contributed by atoms with van der Waals surface area (Å²) in [6.07, 6.45) is 43.8. The molecule has 0 aliphatic rings. The van der Waals surface area contributed by atoms with Crippen LogP contribution in [0.2, 0.25) is 0 Å². The third kappa shape index (κ3) is 35.4. The van der Waals surface area contributed by atoms with Crippen LogP contribution in [0.3, 0.4) is 0 Å². The summed E-state index contributed by atoms with van der Waals surface area (Å²) >= 11 is 0. The number of carbonyl (C=O) groups excluding carboxylic acids is 1. The van der Waals surface area contributed by atoms with E-state index in [1.165, 1.54) is 186 Å². The molecule has 0 amide bonds. The molecular formula is C34H68O4. The van der Waals surface area contributed by atoms with E-state index in [0.29, 0.717) is 6.61 Å². The van der Waals surface area contributed by atoms with Crippen molar-refractivity contribution >= 4 is 6.47 Å². The van der Waals surface area contributed by atoms with E-state index in [1.54, 1.807) is 0 Å². The second-order valence-corrected chi connectivity index (χ2v) is 11.7. The topological polar surface area (TPSA) is 44.8 Å². The van der Waals surface area contributed by atoms with Gasteiger partial charge in [0.15, 0.2) is 0 Å². The predicted octanol–water partition coefficient (Wildman–Crippen LogP) is 12.1. The fourth-order valence-corrected chi connectivity index (χ4v) is 5.44. The molecule has 0 radical (unpaired) electrons. The highest BCUT2D eigenvalue weighted by atomic mass is 17.5. The molecule has 4 heteroatoms. The van der Waals surface area contributed by atoms with E-state index < -0.39 is 0 Å². The van der Waals surface area contributed by atoms with E-state index in [4.69, 9.17) is 0 Å². The number of unbranched alkanes of at least 4 members (excludes halogenated alkanes) is 30. The molecule has 0 aromatic heterocycles. The number of hydrogen-bond donors (Lipinski definition) is 0. The van der Waals surface area contributed by atoms with Crippen molar-refractivity contribution in [1.29, 1.82) is 0 Å². The van der Waals surface area contributed by atoms with Crippen LogP contribution < -0.4 is 0 Å². The molecule has 0 unspecified atom stereocenters. The molecule has 0 fully saturated rings. The first-order chi connectivity index (χ1) is 18.9. The first kappa shape index (κ1) is 37.4. The molecule has 38 heavy (non-hydrogen) atoms. The van der Waals surface area contributed by atoms with Gasteiger partial charge in [0.25, 0.3) is 0 Å². The summed E-state index contributed by atoms with van der Waals surface area (Å²) in [5, 5.41) is 4.18. The van der Waals surface area contributed by atoms with Gasteiger partial charge in [-0.3, -0.25) is 9.68 Å². The summed E-state index contributed by atoms with van der Waals surface area (Å²) in [6, 6.07) is 0. The van der Waals surface area contributed by atoms with E-state index in [2.05, 4.69) is 21.7 Å². The molecule has 0 spiro atoms. The van der Waals surface area contributed by atoms with Crippen LogP contribution in [0.25, 0.3) is 0 Å². The minimum atomic E-state index is 0.212. The lowest BCUT2D eigenvalue weighted by Crippen LogP contribution is -1.97. The van der Waals surface area contributed by atoms with Crippen molar-refractivity contribution in [2.24, 2.45) is 0 Å². The van der Waals surface area contributed by atoms with Crippen molar-refractivity contribution in [1.82, 2.24) is 0 Å². The summed E-state index contributed by atoms with van der Waals surface area (Å²) in [6.45, 7) is 2.99. The quantitative estimate of drug-likeness (QED) is 0.0347. The van der Waals surface area contributed by atoms with Gasteiger partial charge in [-0.1, -0.05) is 200 Å². The van der Waals surface area contributed by atoms with E-state index in [9.17, 15) is 4.79 Å². The average Bonchev–Trinajstić information content (AvgIpc) is 2.93. The molecule has 228 valence electrons. The van der Waals surface area contributed by atoms with Gasteiger partial charge in [0.2, 0.25) is 0 Å². The van der Waals surface area contributed by atoms with E-state index in [1.807, 2.05) is 0 Å². The zero-order chi connectivity index (χ0) is 27.5. The van der Waals surface area contributed by atoms with Crippen LogP contribution in [-0.2, 0) is 19.6 Å². The number of rotatable bonds is 35. The summed E-state index contributed by atoms with van der Waals surface area (Å²) in [7, 11) is 0. The van der Waals surface area contributed by atoms with Gasteiger partial charge < -0.3 is 0 Å². The predicted molar refractivity (Wildman–Crippen MR) is 163 cm³/mol. The van der Waals surface area contributed by atoms with Gasteiger partial charge in [0.05, 0.1) is 6.61 Å². The smallest absolute Gasteiger partial charge is 0.272 e. The lowest BCUT2D eigenvalue weighted by Gasteiger charge is -2.05. The van der Waals surface area contributed by atoms with Crippen molar-refractivity contribution in [3.8, 4) is 0 Å². The largest absolute Gasteiger partial charge is 0.334 e. The first-order valence-corrected chi connectivity index (χ1v) is 17.3. The van der Waals surface area contributed by atoms with Crippen LogP contribution in [0, 0.1) is 0 Å². The molecule has 0 aliphatic heterocycles. The highest BCUT2D eigenvalue weighted by molar-refractivity contribution is 5.35. The molecule has 0 atom stereocenters. The van der Waals surface area contributed by atoms with Crippen LogP contribution in [0.5, 0.6) is 0 Å². The maximum absolute atomic E-state index is 9.85. The van der Waals surface area contributed by atoms with Gasteiger partial charge >= 0.3 is 6.47 Å². The van der Waals surface area contributed by atoms with Crippen molar-refractivity contribution < 1.29 is 19.6 Å². The van der Waals surface area contributed by atoms with Gasteiger partial charge in [-0.15, -0.1) is 0 Å². The summed E-state index contributed by atoms with van der Waals surface area (Å²) in [4.78, 5) is 18.5. The minimum Gasteiger partial charge on any atom is -0.272 e. The van der Waals surface area contributed by atoms with Crippen molar-refractivity contribution in [3.05, 3.63) is 0 Å². The fraction of sp³-hybridized carbons (Fsp3) is 0.971. The van der Waals surface area contributed by atoms with Crippen molar-refractivity contribution in [2.75, 3.05) is 6.61 Å². The fourth-order valence-electron chi connectivity index (χ4n) is 5.44. The highest BCUT2D eigenvalue weighted by Crippen LogP contribution is 2.16. The molecule has 4 nitrogen and oxygen atoms in total. The molecule has 0 N–H and O–H groups in total. The Morgan fingerprint density at radius 2 is 0.605 bits per heavy atom. The zero-order valence-electron chi connectivity index (χ0n) is 25.8. The second-order valence-electron chi connectivity index (χ2n) is 11.7. The minimum absolute atomic E-state index is 0.212. The van der Waals surface area contributed by atoms with E-state index in [0.717, 1.165) is 12.8 Å². The molecule has 0 saturated heterocycles. The van der Waals surface area contributed by atoms with Gasteiger partial charge in [-0.05, 0) is 11.5 Å². The Kier molecular flexibility index (Phi) is 35.8. The van der Waals surface area contributed by atoms with Crippen molar-refractivity contribution in [2.45, 2.75) is 206 Å². The lowest BCUT2D eigenvalue weighted by molar-refractivity contribution is -0.481. The second kappa shape index (κ2) is 36.4. The van der Waals surface area contributed by atoms with Crippen LogP contribution in [0.15, 0.2) is 0 Å². The Morgan fingerprint density at radius 1 is 0.368 bits per heavy atom. The molecule has 0 saturated carbocycles. The average molecular weight is 541 g/mol. The Bertz CT molecular complexity index is 415. The van der Waals surface area contributed by atoms with E-state index in [-0.39, 0.29) is 6.47 Å². The molecule has 0 aromatic carbocycles. The van der Waals surface area contributed by atoms with Gasteiger partial charge in [-0.2, -0.15) is 4.89 Å². The van der Waals surface area contributed by atoms with Gasteiger partial charge in [0.1, 0.15) is 0 Å². The molecule has 0 aliphatic carbocycles. The first-order valence-electron chi connectivity index (χ1n) is 17.3. The van der Waals surface area contributed by atoms with Crippen LogP contribution >= 0.6 is 0 Å².